The van der Waals surface area contributed by atoms with E-state index in [0.717, 1.165) is 12.1 Å². The number of hydrogen-bond acceptors (Lipinski definition) is 4. The highest BCUT2D eigenvalue weighted by Crippen LogP contribution is 2.28. The van der Waals surface area contributed by atoms with Crippen molar-refractivity contribution in [1.82, 2.24) is 4.98 Å². The lowest BCUT2D eigenvalue weighted by Gasteiger charge is -2.04. The van der Waals surface area contributed by atoms with Crippen molar-refractivity contribution in [3.8, 4) is 17.1 Å². The molecule has 3 aromatic rings. The fourth-order valence-corrected chi connectivity index (χ4v) is 2.49. The van der Waals surface area contributed by atoms with Crippen molar-refractivity contribution in [2.75, 3.05) is 0 Å². The molecule has 0 aliphatic carbocycles. The van der Waals surface area contributed by atoms with Crippen LogP contribution < -0.4 is 4.74 Å². The molecule has 4 nitrogen and oxygen atoms in total. The minimum atomic E-state index is -0.758. The third-order valence-electron chi connectivity index (χ3n) is 3.43. The molecular formula is C18H11Cl2F2NO3. The van der Waals surface area contributed by atoms with Gasteiger partial charge in [-0.1, -0.05) is 29.3 Å². The molecule has 0 amide bonds. The van der Waals surface area contributed by atoms with Crippen molar-refractivity contribution >= 4 is 29.2 Å². The van der Waals surface area contributed by atoms with Crippen molar-refractivity contribution in [3.05, 3.63) is 70.2 Å². The van der Waals surface area contributed by atoms with E-state index in [1.807, 2.05) is 0 Å². The van der Waals surface area contributed by atoms with Crippen molar-refractivity contribution in [2.24, 2.45) is 0 Å². The fourth-order valence-electron chi connectivity index (χ4n) is 2.21. The third-order valence-corrected chi connectivity index (χ3v) is 4.17. The first kappa shape index (κ1) is 18.4. The molecule has 0 radical (unpaired) electrons. The summed E-state index contributed by atoms with van der Waals surface area (Å²) in [5.41, 5.74) is -0.301. The standard InChI is InChI=1S/C18H11Cl2F2NO3/c19-11-5-4-10(8-12(11)20)25-17(24)7-6-16-23-9-15(26-16)18-13(21)2-1-3-14(18)22/h1-5,8-9H,6-7H2. The molecule has 0 fully saturated rings. The maximum atomic E-state index is 13.7. The van der Waals surface area contributed by atoms with Crippen molar-refractivity contribution < 1.29 is 22.7 Å². The van der Waals surface area contributed by atoms with Gasteiger partial charge in [0.15, 0.2) is 11.7 Å². The number of oxazole rings is 1. The van der Waals surface area contributed by atoms with E-state index in [2.05, 4.69) is 4.98 Å². The summed E-state index contributed by atoms with van der Waals surface area (Å²) in [6.45, 7) is 0. The Labute approximate surface area is 157 Å². The predicted molar refractivity (Wildman–Crippen MR) is 92.3 cm³/mol. The monoisotopic (exact) mass is 397 g/mol. The number of esters is 1. The first-order valence-electron chi connectivity index (χ1n) is 7.49. The van der Waals surface area contributed by atoms with Gasteiger partial charge in [0.05, 0.1) is 28.2 Å². The molecule has 1 heterocycles. The van der Waals surface area contributed by atoms with Crippen LogP contribution in [0.3, 0.4) is 0 Å². The first-order valence-corrected chi connectivity index (χ1v) is 8.24. The lowest BCUT2D eigenvalue weighted by Crippen LogP contribution is -2.09. The van der Waals surface area contributed by atoms with Gasteiger partial charge < -0.3 is 9.15 Å². The molecule has 2 aromatic carbocycles. The number of hydrogen-bond donors (Lipinski definition) is 0. The second kappa shape index (κ2) is 7.85. The maximum absolute atomic E-state index is 13.7. The molecule has 0 saturated heterocycles. The highest BCUT2D eigenvalue weighted by molar-refractivity contribution is 6.42. The topological polar surface area (TPSA) is 52.3 Å². The Balaban J connectivity index is 1.63. The van der Waals surface area contributed by atoms with Gasteiger partial charge in [-0.15, -0.1) is 0 Å². The number of carbonyl (C=O) groups excluding carboxylic acids is 1. The van der Waals surface area contributed by atoms with Crippen LogP contribution in [0.4, 0.5) is 8.78 Å². The number of carbonyl (C=O) groups is 1. The van der Waals surface area contributed by atoms with Crippen LogP contribution in [0.1, 0.15) is 12.3 Å². The van der Waals surface area contributed by atoms with E-state index in [-0.39, 0.29) is 40.8 Å². The summed E-state index contributed by atoms with van der Waals surface area (Å²) in [6, 6.07) is 7.94. The second-order valence-corrected chi connectivity index (χ2v) is 6.08. The molecule has 8 heteroatoms. The summed E-state index contributed by atoms with van der Waals surface area (Å²) in [6.07, 6.45) is 1.28. The lowest BCUT2D eigenvalue weighted by molar-refractivity contribution is -0.134. The SMILES string of the molecule is O=C(CCc1ncc(-c2c(F)cccc2F)o1)Oc1ccc(Cl)c(Cl)c1. The minimum Gasteiger partial charge on any atom is -0.441 e. The summed E-state index contributed by atoms with van der Waals surface area (Å²) in [4.78, 5) is 15.8. The third kappa shape index (κ3) is 4.20. The molecule has 26 heavy (non-hydrogen) atoms. The van der Waals surface area contributed by atoms with E-state index in [0.29, 0.717) is 5.02 Å². The molecule has 0 saturated carbocycles. The molecule has 0 aliphatic heterocycles. The number of rotatable bonds is 5. The van der Waals surface area contributed by atoms with Gasteiger partial charge in [-0.2, -0.15) is 0 Å². The summed E-state index contributed by atoms with van der Waals surface area (Å²) >= 11 is 11.6. The summed E-state index contributed by atoms with van der Waals surface area (Å²) < 4.78 is 37.9. The van der Waals surface area contributed by atoms with Crippen LogP contribution in [0.25, 0.3) is 11.3 Å². The highest BCUT2D eigenvalue weighted by atomic mass is 35.5. The number of aryl methyl sites for hydroxylation is 1. The Bertz CT molecular complexity index is 939. The highest BCUT2D eigenvalue weighted by Gasteiger charge is 2.16. The molecule has 0 unspecified atom stereocenters. The molecule has 1 aromatic heterocycles. The van der Waals surface area contributed by atoms with Crippen LogP contribution in [0.15, 0.2) is 47.0 Å². The van der Waals surface area contributed by atoms with Crippen molar-refractivity contribution in [3.63, 3.8) is 0 Å². The number of nitrogens with zero attached hydrogens (tertiary/aromatic N) is 1. The minimum absolute atomic E-state index is 0.0417. The van der Waals surface area contributed by atoms with E-state index >= 15 is 0 Å². The Kier molecular flexibility index (Phi) is 5.54. The average molecular weight is 398 g/mol. The summed E-state index contributed by atoms with van der Waals surface area (Å²) in [5.74, 6) is -1.69. The zero-order valence-electron chi connectivity index (χ0n) is 13.1. The van der Waals surface area contributed by atoms with Gasteiger partial charge in [-0.3, -0.25) is 4.79 Å². The Hall–Kier alpha value is -2.44. The van der Waals surface area contributed by atoms with E-state index in [4.69, 9.17) is 32.4 Å². The van der Waals surface area contributed by atoms with Gasteiger partial charge in [0.1, 0.15) is 17.4 Å². The molecule has 0 bridgehead atoms. The predicted octanol–water partition coefficient (Wildman–Crippen LogP) is 5.46. The van der Waals surface area contributed by atoms with Gasteiger partial charge in [0.25, 0.3) is 0 Å². The molecule has 0 atom stereocenters. The van der Waals surface area contributed by atoms with Gasteiger partial charge >= 0.3 is 5.97 Å². The molecule has 0 spiro atoms. The average Bonchev–Trinajstić information content (AvgIpc) is 3.05. The van der Waals surface area contributed by atoms with E-state index in [1.54, 1.807) is 0 Å². The Morgan fingerprint density at radius 3 is 2.54 bits per heavy atom. The molecule has 0 aliphatic rings. The van der Waals surface area contributed by atoms with Crippen LogP contribution >= 0.6 is 23.2 Å². The van der Waals surface area contributed by atoms with E-state index < -0.39 is 17.6 Å². The van der Waals surface area contributed by atoms with Gasteiger partial charge in [-0.05, 0) is 24.3 Å². The smallest absolute Gasteiger partial charge is 0.311 e. The van der Waals surface area contributed by atoms with Crippen molar-refractivity contribution in [2.45, 2.75) is 12.8 Å². The van der Waals surface area contributed by atoms with E-state index in [1.165, 1.54) is 30.5 Å². The zero-order chi connectivity index (χ0) is 18.7. The van der Waals surface area contributed by atoms with E-state index in [9.17, 15) is 13.6 Å². The van der Waals surface area contributed by atoms with Crippen LogP contribution in [0, 0.1) is 11.6 Å². The number of ether oxygens (including phenoxy) is 1. The van der Waals surface area contributed by atoms with Crippen LogP contribution in [-0.4, -0.2) is 11.0 Å². The first-order chi connectivity index (χ1) is 12.4. The summed E-state index contributed by atoms with van der Waals surface area (Å²) in [5, 5.41) is 0.611. The van der Waals surface area contributed by atoms with Gasteiger partial charge in [0, 0.05) is 12.5 Å². The molecule has 3 rings (SSSR count). The van der Waals surface area contributed by atoms with Crippen LogP contribution in [0.2, 0.25) is 10.0 Å². The molecular weight excluding hydrogens is 387 g/mol. The Morgan fingerprint density at radius 2 is 1.85 bits per heavy atom. The zero-order valence-corrected chi connectivity index (χ0v) is 14.7. The largest absolute Gasteiger partial charge is 0.441 e. The molecule has 134 valence electrons. The van der Waals surface area contributed by atoms with Crippen LogP contribution in [0.5, 0.6) is 5.75 Å². The molecule has 0 N–H and O–H groups in total. The normalized spacial score (nSPS) is 10.8. The van der Waals surface area contributed by atoms with Crippen LogP contribution in [-0.2, 0) is 11.2 Å². The summed E-state index contributed by atoms with van der Waals surface area (Å²) in [7, 11) is 0. The maximum Gasteiger partial charge on any atom is 0.311 e. The van der Waals surface area contributed by atoms with Crippen molar-refractivity contribution in [1.29, 1.82) is 0 Å². The van der Waals surface area contributed by atoms with Gasteiger partial charge in [-0.25, -0.2) is 13.8 Å². The number of aromatic nitrogens is 1. The quantitative estimate of drug-likeness (QED) is 0.423. The fraction of sp³-hybridized carbons (Fsp3) is 0.111. The Morgan fingerprint density at radius 1 is 1.12 bits per heavy atom. The van der Waals surface area contributed by atoms with Gasteiger partial charge in [0.2, 0.25) is 0 Å². The number of benzene rings is 2. The second-order valence-electron chi connectivity index (χ2n) is 5.26. The number of halogens is 4. The lowest BCUT2D eigenvalue weighted by atomic mass is 10.1.